The molecule has 0 aromatic heterocycles. The van der Waals surface area contributed by atoms with E-state index in [2.05, 4.69) is 24.3 Å². The molecule has 2 fully saturated rings. The molecule has 236 valence electrons. The molecule has 2 aromatic carbocycles. The van der Waals surface area contributed by atoms with Crippen molar-refractivity contribution in [1.29, 1.82) is 0 Å². The summed E-state index contributed by atoms with van der Waals surface area (Å²) in [5.74, 6) is -2.19. The molecule has 1 saturated heterocycles. The Morgan fingerprint density at radius 2 is 1.57 bits per heavy atom. The predicted molar refractivity (Wildman–Crippen MR) is 164 cm³/mol. The van der Waals surface area contributed by atoms with Crippen LogP contribution in [0.3, 0.4) is 0 Å². The molecule has 1 aliphatic heterocycles. The molecule has 3 amide bonds. The van der Waals surface area contributed by atoms with Gasteiger partial charge >= 0.3 is 12.1 Å². The molecule has 44 heavy (non-hydrogen) atoms. The van der Waals surface area contributed by atoms with E-state index in [1.807, 2.05) is 31.2 Å². The van der Waals surface area contributed by atoms with Crippen LogP contribution in [0.2, 0.25) is 0 Å². The zero-order valence-electron chi connectivity index (χ0n) is 25.7. The van der Waals surface area contributed by atoms with Crippen LogP contribution in [0, 0.1) is 5.92 Å². The Labute approximate surface area is 258 Å². The number of carbonyl (C=O) groups excluding carboxylic acids is 3. The highest BCUT2D eigenvalue weighted by Gasteiger charge is 2.43. The Kier molecular flexibility index (Phi) is 10.2. The number of carboxylic acids is 1. The number of nitrogens with zero attached hydrogens (tertiary/aromatic N) is 3. The molecule has 0 radical (unpaired) electrons. The normalized spacial score (nSPS) is 17.8. The maximum Gasteiger partial charge on any atom is 0.410 e. The Bertz CT molecular complexity index is 1310. The van der Waals surface area contributed by atoms with Gasteiger partial charge in [-0.3, -0.25) is 19.3 Å². The number of benzene rings is 2. The lowest BCUT2D eigenvalue weighted by atomic mass is 9.94. The summed E-state index contributed by atoms with van der Waals surface area (Å²) < 4.78 is 11.3. The molecule has 5 rings (SSSR count). The van der Waals surface area contributed by atoms with Gasteiger partial charge < -0.3 is 24.4 Å². The van der Waals surface area contributed by atoms with Crippen molar-refractivity contribution in [1.82, 2.24) is 14.7 Å². The first-order chi connectivity index (χ1) is 21.3. The molecule has 2 aromatic rings. The number of hydrogen-bond acceptors (Lipinski definition) is 6. The van der Waals surface area contributed by atoms with Gasteiger partial charge in [0.1, 0.15) is 18.7 Å². The Morgan fingerprint density at radius 1 is 0.977 bits per heavy atom. The van der Waals surface area contributed by atoms with Crippen LogP contribution in [0.15, 0.2) is 48.5 Å². The first kappa shape index (κ1) is 31.5. The van der Waals surface area contributed by atoms with Crippen LogP contribution in [-0.4, -0.2) is 102 Å². The molecule has 0 spiro atoms. The number of fused-ring (bicyclic) bond motifs is 3. The standard InChI is InChI=1S/C34H43N3O7/c1-3-16-37(29(21-30(38)39)32(40)36-17-19-43-20-18-36)33(41)31(23-10-4-5-11-23)35(2)34(42)44-22-28-26-14-8-6-12-24(26)25-13-7-9-15-27(25)28/h6-9,12-15,23,28-29,31H,3-5,10-11,16-22H2,1-2H3,(H,38,39)/t29-,31-/m0/s1. The van der Waals surface area contributed by atoms with Crippen LogP contribution in [0.5, 0.6) is 0 Å². The van der Waals surface area contributed by atoms with Crippen LogP contribution >= 0.6 is 0 Å². The molecule has 2 atom stereocenters. The maximum atomic E-state index is 14.5. The van der Waals surface area contributed by atoms with E-state index in [1.165, 1.54) is 9.80 Å². The molecule has 3 aliphatic rings. The van der Waals surface area contributed by atoms with Crippen molar-refractivity contribution in [3.05, 3.63) is 59.7 Å². The van der Waals surface area contributed by atoms with Crippen LogP contribution in [0.4, 0.5) is 4.79 Å². The number of carbonyl (C=O) groups is 4. The van der Waals surface area contributed by atoms with Crippen molar-refractivity contribution in [2.75, 3.05) is 46.5 Å². The summed E-state index contributed by atoms with van der Waals surface area (Å²) in [4.78, 5) is 58.1. The van der Waals surface area contributed by atoms with Gasteiger partial charge in [0.05, 0.1) is 19.6 Å². The number of carboxylic acid groups (broad SMARTS) is 1. The summed E-state index contributed by atoms with van der Waals surface area (Å²) in [6, 6.07) is 14.2. The maximum absolute atomic E-state index is 14.5. The van der Waals surface area contributed by atoms with Gasteiger partial charge in [0.2, 0.25) is 11.8 Å². The zero-order chi connectivity index (χ0) is 31.2. The lowest BCUT2D eigenvalue weighted by molar-refractivity contribution is -0.155. The molecule has 0 bridgehead atoms. The van der Waals surface area contributed by atoms with E-state index >= 15 is 0 Å². The molecular weight excluding hydrogens is 562 g/mol. The quantitative estimate of drug-likeness (QED) is 0.404. The minimum absolute atomic E-state index is 0.115. The zero-order valence-corrected chi connectivity index (χ0v) is 25.7. The summed E-state index contributed by atoms with van der Waals surface area (Å²) in [7, 11) is 1.58. The topological polar surface area (TPSA) is 117 Å². The Balaban J connectivity index is 1.37. The van der Waals surface area contributed by atoms with Gasteiger partial charge in [-0.15, -0.1) is 0 Å². The minimum atomic E-state index is -1.17. The van der Waals surface area contributed by atoms with E-state index in [4.69, 9.17) is 9.47 Å². The van der Waals surface area contributed by atoms with Crippen LogP contribution in [0.1, 0.15) is 62.5 Å². The monoisotopic (exact) mass is 605 g/mol. The summed E-state index contributed by atoms with van der Waals surface area (Å²) >= 11 is 0. The fraction of sp³-hybridized carbons (Fsp3) is 0.529. The molecule has 1 saturated carbocycles. The molecule has 1 heterocycles. The number of aliphatic carboxylic acids is 1. The summed E-state index contributed by atoms with van der Waals surface area (Å²) in [6.45, 7) is 3.62. The Morgan fingerprint density at radius 3 is 2.14 bits per heavy atom. The van der Waals surface area contributed by atoms with Gasteiger partial charge in [0, 0.05) is 32.6 Å². The van der Waals surface area contributed by atoms with Crippen molar-refractivity contribution in [2.45, 2.75) is 63.5 Å². The molecule has 10 nitrogen and oxygen atoms in total. The summed E-state index contributed by atoms with van der Waals surface area (Å²) in [5, 5.41) is 9.77. The molecule has 2 aliphatic carbocycles. The van der Waals surface area contributed by atoms with Gasteiger partial charge in [0.15, 0.2) is 0 Å². The van der Waals surface area contributed by atoms with Crippen molar-refractivity contribution in [2.24, 2.45) is 5.92 Å². The largest absolute Gasteiger partial charge is 0.481 e. The lowest BCUT2D eigenvalue weighted by Crippen LogP contribution is -2.59. The minimum Gasteiger partial charge on any atom is -0.481 e. The van der Waals surface area contributed by atoms with E-state index in [1.54, 1.807) is 11.9 Å². The van der Waals surface area contributed by atoms with Crippen molar-refractivity contribution >= 4 is 23.9 Å². The predicted octanol–water partition coefficient (Wildman–Crippen LogP) is 4.37. The van der Waals surface area contributed by atoms with E-state index in [0.29, 0.717) is 32.7 Å². The number of ether oxygens (including phenoxy) is 2. The number of hydrogen-bond donors (Lipinski definition) is 1. The van der Waals surface area contributed by atoms with Gasteiger partial charge in [-0.2, -0.15) is 0 Å². The van der Waals surface area contributed by atoms with Crippen molar-refractivity contribution < 1.29 is 33.8 Å². The second-order valence-corrected chi connectivity index (χ2v) is 12.0. The fourth-order valence-corrected chi connectivity index (χ4v) is 7.09. The van der Waals surface area contributed by atoms with E-state index in [0.717, 1.165) is 47.9 Å². The third-order valence-corrected chi connectivity index (χ3v) is 9.24. The molecular formula is C34H43N3O7. The van der Waals surface area contributed by atoms with Gasteiger partial charge in [0.25, 0.3) is 0 Å². The highest BCUT2D eigenvalue weighted by molar-refractivity contribution is 5.93. The lowest BCUT2D eigenvalue weighted by Gasteiger charge is -2.40. The van der Waals surface area contributed by atoms with Gasteiger partial charge in [-0.1, -0.05) is 68.3 Å². The highest BCUT2D eigenvalue weighted by atomic mass is 16.6. The van der Waals surface area contributed by atoms with Crippen molar-refractivity contribution in [3.8, 4) is 11.1 Å². The fourth-order valence-electron chi connectivity index (χ4n) is 7.09. The first-order valence-corrected chi connectivity index (χ1v) is 15.8. The van der Waals surface area contributed by atoms with Crippen LogP contribution in [0.25, 0.3) is 11.1 Å². The first-order valence-electron chi connectivity index (χ1n) is 15.8. The van der Waals surface area contributed by atoms with E-state index in [9.17, 15) is 24.3 Å². The SMILES string of the molecule is CCCN(C(=O)[C@H](C1CCCC1)N(C)C(=O)OCC1c2ccccc2-c2ccccc21)[C@@H](CC(=O)O)C(=O)N1CCOCC1. The molecule has 10 heteroatoms. The average molecular weight is 606 g/mol. The number of morpholine rings is 1. The number of amides is 3. The smallest absolute Gasteiger partial charge is 0.410 e. The third kappa shape index (κ3) is 6.60. The highest BCUT2D eigenvalue weighted by Crippen LogP contribution is 2.44. The van der Waals surface area contributed by atoms with Crippen LogP contribution < -0.4 is 0 Å². The Hall–Kier alpha value is -3.92. The number of likely N-dealkylation sites (N-methyl/N-ethyl adjacent to an activating group) is 1. The number of rotatable bonds is 11. The van der Waals surface area contributed by atoms with Gasteiger partial charge in [-0.25, -0.2) is 4.79 Å². The van der Waals surface area contributed by atoms with E-state index in [-0.39, 0.29) is 25.0 Å². The molecule has 0 unspecified atom stereocenters. The summed E-state index contributed by atoms with van der Waals surface area (Å²) in [6.07, 6.45) is 2.82. The van der Waals surface area contributed by atoms with Gasteiger partial charge in [-0.05, 0) is 47.4 Å². The average Bonchev–Trinajstić information content (AvgIpc) is 3.68. The van der Waals surface area contributed by atoms with Crippen molar-refractivity contribution in [3.63, 3.8) is 0 Å². The molecule has 1 N–H and O–H groups in total. The third-order valence-electron chi connectivity index (χ3n) is 9.24. The second-order valence-electron chi connectivity index (χ2n) is 12.0. The van der Waals surface area contributed by atoms with E-state index < -0.39 is 42.4 Å². The second kappa shape index (κ2) is 14.2. The summed E-state index contributed by atoms with van der Waals surface area (Å²) in [5.41, 5.74) is 4.45. The van der Waals surface area contributed by atoms with Crippen LogP contribution in [-0.2, 0) is 23.9 Å².